The number of halogens is 1. The molecule has 2 aromatic rings. The van der Waals surface area contributed by atoms with Crippen LogP contribution in [0.25, 0.3) is 0 Å². The van der Waals surface area contributed by atoms with Gasteiger partial charge < -0.3 is 4.42 Å². The molecular weight excluding hydrogens is 366 g/mol. The smallest absolute Gasteiger partial charge is 0.335 e. The average Bonchev–Trinajstić information content (AvgIpc) is 2.90. The van der Waals surface area contributed by atoms with Gasteiger partial charge in [-0.05, 0) is 18.6 Å². The minimum absolute atomic E-state index is 0.145. The van der Waals surface area contributed by atoms with Crippen LogP contribution in [0.4, 0.5) is 0 Å². The zero-order valence-corrected chi connectivity index (χ0v) is 14.6. The van der Waals surface area contributed by atoms with Crippen LogP contribution in [0, 0.1) is 0 Å². The molecule has 1 N–H and O–H groups in total. The Bertz CT molecular complexity index is 908. The molecule has 23 heavy (non-hydrogen) atoms. The fourth-order valence-corrected chi connectivity index (χ4v) is 3.82. The van der Waals surface area contributed by atoms with Gasteiger partial charge in [0, 0.05) is 11.3 Å². The molecule has 2 rings (SSSR count). The van der Waals surface area contributed by atoms with Crippen LogP contribution < -0.4 is 4.72 Å². The molecule has 0 spiro atoms. The number of nitrogens with one attached hydrogen (secondary N) is 1. The number of hydrogen-bond donors (Lipinski definition) is 1. The van der Waals surface area contributed by atoms with Crippen LogP contribution in [0.15, 0.2) is 33.9 Å². The lowest BCUT2D eigenvalue weighted by molar-refractivity contribution is 0.373. The summed E-state index contributed by atoms with van der Waals surface area (Å²) in [5.41, 5.74) is 0.441. The fraction of sp³-hybridized carbons (Fsp3) is 0.333. The molecule has 0 bridgehead atoms. The van der Waals surface area contributed by atoms with Gasteiger partial charge >= 0.3 is 5.22 Å². The summed E-state index contributed by atoms with van der Waals surface area (Å²) in [6.45, 7) is 1.46. The predicted octanol–water partition coefficient (Wildman–Crippen LogP) is 1.31. The topological polar surface area (TPSA) is 119 Å². The Morgan fingerprint density at radius 2 is 1.87 bits per heavy atom. The van der Waals surface area contributed by atoms with Gasteiger partial charge in [0.1, 0.15) is 0 Å². The highest BCUT2D eigenvalue weighted by Gasteiger charge is 2.24. The van der Waals surface area contributed by atoms with Crippen molar-refractivity contribution in [1.82, 2.24) is 14.9 Å². The van der Waals surface area contributed by atoms with Crippen molar-refractivity contribution in [2.24, 2.45) is 0 Å². The molecule has 0 unspecified atom stereocenters. The molecule has 1 atom stereocenters. The highest BCUT2D eigenvalue weighted by molar-refractivity contribution is 7.90. The van der Waals surface area contributed by atoms with E-state index in [9.17, 15) is 16.8 Å². The second-order valence-corrected chi connectivity index (χ2v) is 8.92. The van der Waals surface area contributed by atoms with Crippen molar-refractivity contribution in [2.75, 3.05) is 6.26 Å². The Balaban J connectivity index is 2.14. The highest BCUT2D eigenvalue weighted by Crippen LogP contribution is 2.19. The third-order valence-electron chi connectivity index (χ3n) is 2.77. The van der Waals surface area contributed by atoms with Crippen LogP contribution in [0.2, 0.25) is 5.02 Å². The van der Waals surface area contributed by atoms with Crippen LogP contribution in [0.1, 0.15) is 24.4 Å². The average molecular weight is 380 g/mol. The van der Waals surface area contributed by atoms with E-state index in [2.05, 4.69) is 14.9 Å². The summed E-state index contributed by atoms with van der Waals surface area (Å²) in [5.74, 6) is -0.475. The maximum Gasteiger partial charge on any atom is 0.335 e. The van der Waals surface area contributed by atoms with Crippen LogP contribution in [0.5, 0.6) is 0 Å². The number of rotatable bonds is 6. The summed E-state index contributed by atoms with van der Waals surface area (Å²) >= 11 is 5.94. The lowest BCUT2D eigenvalue weighted by Gasteiger charge is -2.11. The van der Waals surface area contributed by atoms with E-state index in [4.69, 9.17) is 16.0 Å². The molecule has 0 aliphatic carbocycles. The Labute approximate surface area is 138 Å². The van der Waals surface area contributed by atoms with Crippen molar-refractivity contribution >= 4 is 31.5 Å². The lowest BCUT2D eigenvalue weighted by Crippen LogP contribution is -2.28. The maximum absolute atomic E-state index is 12.2. The Hall–Kier alpha value is -1.49. The standard InChI is InChI=1S/C12H14ClN3O5S2/c1-8(11-14-15-12(21-11)22(2,17)18)16-23(19,20)7-9-5-3-4-6-10(9)13/h3-6,8,16H,7H2,1-2H3/t8-/m0/s1. The number of sulfone groups is 1. The first-order valence-electron chi connectivity index (χ1n) is 6.35. The molecule has 0 saturated carbocycles. The molecule has 0 radical (unpaired) electrons. The fourth-order valence-electron chi connectivity index (χ4n) is 1.73. The van der Waals surface area contributed by atoms with Crippen LogP contribution in [-0.2, 0) is 25.6 Å². The molecule has 0 aliphatic heterocycles. The second-order valence-electron chi connectivity index (χ2n) is 4.87. The lowest BCUT2D eigenvalue weighted by atomic mass is 10.2. The molecule has 0 aliphatic rings. The molecule has 8 nitrogen and oxygen atoms in total. The molecule has 0 fully saturated rings. The minimum Gasteiger partial charge on any atom is -0.411 e. The summed E-state index contributed by atoms with van der Waals surface area (Å²) in [4.78, 5) is 0. The zero-order valence-electron chi connectivity index (χ0n) is 12.2. The monoisotopic (exact) mass is 379 g/mol. The van der Waals surface area contributed by atoms with Gasteiger partial charge in [-0.1, -0.05) is 34.9 Å². The van der Waals surface area contributed by atoms with Crippen LogP contribution >= 0.6 is 11.6 Å². The van der Waals surface area contributed by atoms with Crippen molar-refractivity contribution < 1.29 is 21.3 Å². The van der Waals surface area contributed by atoms with E-state index in [0.717, 1.165) is 6.26 Å². The van der Waals surface area contributed by atoms with Gasteiger partial charge in [0.05, 0.1) is 11.8 Å². The predicted molar refractivity (Wildman–Crippen MR) is 83.0 cm³/mol. The summed E-state index contributed by atoms with van der Waals surface area (Å²) < 4.78 is 54.2. The number of hydrogen-bond acceptors (Lipinski definition) is 7. The summed E-state index contributed by atoms with van der Waals surface area (Å²) in [5, 5.41) is 6.69. The molecule has 0 amide bonds. The molecule has 1 heterocycles. The second kappa shape index (κ2) is 6.56. The third kappa shape index (κ3) is 4.74. The maximum atomic E-state index is 12.2. The molecule has 1 aromatic carbocycles. The van der Waals surface area contributed by atoms with Crippen molar-refractivity contribution in [3.8, 4) is 0 Å². The number of nitrogens with zero attached hydrogens (tertiary/aromatic N) is 2. The first-order valence-corrected chi connectivity index (χ1v) is 10.3. The van der Waals surface area contributed by atoms with Gasteiger partial charge in [0.25, 0.3) is 0 Å². The number of sulfonamides is 1. The van der Waals surface area contributed by atoms with Gasteiger partial charge in [-0.15, -0.1) is 5.10 Å². The van der Waals surface area contributed by atoms with Crippen LogP contribution in [-0.4, -0.2) is 33.3 Å². The largest absolute Gasteiger partial charge is 0.411 e. The third-order valence-corrected chi connectivity index (χ3v) is 5.34. The first-order chi connectivity index (χ1) is 10.6. The van der Waals surface area contributed by atoms with Crippen LogP contribution in [0.3, 0.4) is 0 Å². The van der Waals surface area contributed by atoms with Crippen molar-refractivity contribution in [3.63, 3.8) is 0 Å². The van der Waals surface area contributed by atoms with Crippen molar-refractivity contribution in [1.29, 1.82) is 0 Å². The normalized spacial score (nSPS) is 13.9. The van der Waals surface area contributed by atoms with E-state index in [1.165, 1.54) is 6.92 Å². The quantitative estimate of drug-likeness (QED) is 0.803. The van der Waals surface area contributed by atoms with Crippen molar-refractivity contribution in [3.05, 3.63) is 40.7 Å². The van der Waals surface area contributed by atoms with E-state index in [1.807, 2.05) is 0 Å². The molecular formula is C12H14ClN3O5S2. The van der Waals surface area contributed by atoms with E-state index in [-0.39, 0.29) is 11.6 Å². The van der Waals surface area contributed by atoms with Gasteiger partial charge in [-0.25, -0.2) is 21.6 Å². The van der Waals surface area contributed by atoms with Gasteiger partial charge in [0.2, 0.25) is 25.8 Å². The Morgan fingerprint density at radius 3 is 2.43 bits per heavy atom. The molecule has 126 valence electrons. The summed E-state index contributed by atoms with van der Waals surface area (Å²) in [6, 6.07) is 5.67. The summed E-state index contributed by atoms with van der Waals surface area (Å²) in [7, 11) is -7.39. The van der Waals surface area contributed by atoms with E-state index >= 15 is 0 Å². The first kappa shape index (κ1) is 17.9. The Morgan fingerprint density at radius 1 is 1.22 bits per heavy atom. The Kier molecular flexibility index (Phi) is 5.09. The molecule has 1 aromatic heterocycles. The number of aromatic nitrogens is 2. The highest BCUT2D eigenvalue weighted by atomic mass is 35.5. The van der Waals surface area contributed by atoms with Crippen molar-refractivity contribution in [2.45, 2.75) is 23.9 Å². The van der Waals surface area contributed by atoms with E-state index < -0.39 is 31.1 Å². The molecule has 11 heteroatoms. The zero-order chi connectivity index (χ0) is 17.3. The van der Waals surface area contributed by atoms with E-state index in [0.29, 0.717) is 10.6 Å². The summed E-state index contributed by atoms with van der Waals surface area (Å²) in [6.07, 6.45) is 0.913. The van der Waals surface area contributed by atoms with Gasteiger partial charge in [0.15, 0.2) is 0 Å². The van der Waals surface area contributed by atoms with Gasteiger partial charge in [-0.2, -0.15) is 0 Å². The number of benzene rings is 1. The van der Waals surface area contributed by atoms with Gasteiger partial charge in [-0.3, -0.25) is 0 Å². The minimum atomic E-state index is -3.74. The van der Waals surface area contributed by atoms with E-state index in [1.54, 1.807) is 24.3 Å². The SMILES string of the molecule is C[C@H](NS(=O)(=O)Cc1ccccc1Cl)c1nnc(S(C)(=O)=O)o1. The molecule has 0 saturated heterocycles.